The fourth-order valence-electron chi connectivity index (χ4n) is 2.03. The molecule has 0 aliphatic heterocycles. The minimum Gasteiger partial charge on any atom is -0.483 e. The Morgan fingerprint density at radius 2 is 2.00 bits per heavy atom. The van der Waals surface area contributed by atoms with Crippen LogP contribution in [0.15, 0.2) is 18.2 Å². The lowest BCUT2D eigenvalue weighted by Crippen LogP contribution is -2.34. The number of nitrogens with zero attached hydrogens (tertiary/aromatic N) is 1. The number of rotatable bonds is 9. The normalized spacial score (nSPS) is 10.5. The molecule has 0 radical (unpaired) electrons. The second-order valence-electron chi connectivity index (χ2n) is 4.78. The molecule has 0 aliphatic rings. The Hall–Kier alpha value is -1.26. The predicted octanol–water partition coefficient (Wildman–Crippen LogP) is 3.09. The molecule has 0 fully saturated rings. The minimum absolute atomic E-state index is 0.00224. The van der Waals surface area contributed by atoms with Gasteiger partial charge in [-0.2, -0.15) is 0 Å². The average molecular weight is 313 g/mol. The van der Waals surface area contributed by atoms with Crippen molar-refractivity contribution >= 4 is 17.5 Å². The van der Waals surface area contributed by atoms with Crippen molar-refractivity contribution < 1.29 is 9.53 Å². The van der Waals surface area contributed by atoms with Gasteiger partial charge in [-0.05, 0) is 45.0 Å². The number of amides is 1. The van der Waals surface area contributed by atoms with Gasteiger partial charge in [0.2, 0.25) is 0 Å². The van der Waals surface area contributed by atoms with Crippen molar-refractivity contribution in [2.45, 2.75) is 33.7 Å². The summed E-state index contributed by atoms with van der Waals surface area (Å²) in [6, 6.07) is 5.48. The number of carbonyl (C=O) groups is 1. The molecule has 1 N–H and O–H groups in total. The van der Waals surface area contributed by atoms with Gasteiger partial charge in [-0.1, -0.05) is 18.5 Å². The number of likely N-dealkylation sites (N-methyl/N-ethyl adjacent to an activating group) is 1. The van der Waals surface area contributed by atoms with E-state index in [9.17, 15) is 4.79 Å². The topological polar surface area (TPSA) is 41.6 Å². The lowest BCUT2D eigenvalue weighted by Gasteiger charge is -2.19. The van der Waals surface area contributed by atoms with Gasteiger partial charge in [0.25, 0.3) is 5.91 Å². The molecule has 118 valence electrons. The van der Waals surface area contributed by atoms with Gasteiger partial charge in [0.1, 0.15) is 5.75 Å². The Balaban J connectivity index is 2.66. The van der Waals surface area contributed by atoms with Gasteiger partial charge in [0.15, 0.2) is 6.61 Å². The molecule has 0 saturated carbocycles. The van der Waals surface area contributed by atoms with Crippen LogP contribution in [-0.4, -0.2) is 37.0 Å². The molecule has 0 heterocycles. The second-order valence-corrected chi connectivity index (χ2v) is 5.22. The van der Waals surface area contributed by atoms with E-state index in [1.165, 1.54) is 0 Å². The quantitative estimate of drug-likeness (QED) is 0.712. The van der Waals surface area contributed by atoms with Gasteiger partial charge < -0.3 is 15.0 Å². The number of carbonyl (C=O) groups excluding carboxylic acids is 1. The molecule has 0 atom stereocenters. The highest BCUT2D eigenvalue weighted by molar-refractivity contribution is 6.30. The highest BCUT2D eigenvalue weighted by atomic mass is 35.5. The summed E-state index contributed by atoms with van der Waals surface area (Å²) in [5, 5.41) is 3.99. The monoisotopic (exact) mass is 312 g/mol. The van der Waals surface area contributed by atoms with Crippen molar-refractivity contribution in [1.29, 1.82) is 0 Å². The summed E-state index contributed by atoms with van der Waals surface area (Å²) in [5.41, 5.74) is 0.975. The third kappa shape index (κ3) is 5.94. The summed E-state index contributed by atoms with van der Waals surface area (Å²) in [6.07, 6.45) is 1.07. The summed E-state index contributed by atoms with van der Waals surface area (Å²) in [6.45, 7) is 9.12. The highest BCUT2D eigenvalue weighted by Crippen LogP contribution is 2.23. The molecule has 4 nitrogen and oxygen atoms in total. The van der Waals surface area contributed by atoms with Crippen molar-refractivity contribution in [3.63, 3.8) is 0 Å². The number of halogens is 1. The van der Waals surface area contributed by atoms with Crippen LogP contribution in [0.4, 0.5) is 0 Å². The third-order valence-electron chi connectivity index (χ3n) is 3.23. The van der Waals surface area contributed by atoms with E-state index in [1.807, 2.05) is 26.0 Å². The molecular weight excluding hydrogens is 288 g/mol. The van der Waals surface area contributed by atoms with Gasteiger partial charge in [0, 0.05) is 30.2 Å². The Morgan fingerprint density at radius 1 is 1.29 bits per heavy atom. The van der Waals surface area contributed by atoms with Crippen molar-refractivity contribution in [2.24, 2.45) is 0 Å². The molecule has 1 aromatic carbocycles. The van der Waals surface area contributed by atoms with E-state index in [2.05, 4.69) is 12.2 Å². The van der Waals surface area contributed by atoms with Crippen molar-refractivity contribution in [2.75, 3.05) is 26.2 Å². The van der Waals surface area contributed by atoms with Gasteiger partial charge in [-0.15, -0.1) is 0 Å². The van der Waals surface area contributed by atoms with Gasteiger partial charge in [-0.25, -0.2) is 0 Å². The molecule has 1 aromatic rings. The Bertz CT molecular complexity index is 448. The van der Waals surface area contributed by atoms with E-state index in [1.54, 1.807) is 11.0 Å². The predicted molar refractivity (Wildman–Crippen MR) is 86.9 cm³/mol. The third-order valence-corrected chi connectivity index (χ3v) is 3.47. The Kier molecular flexibility index (Phi) is 8.16. The molecule has 1 rings (SSSR count). The smallest absolute Gasteiger partial charge is 0.260 e. The van der Waals surface area contributed by atoms with Crippen LogP contribution in [0.25, 0.3) is 0 Å². The van der Waals surface area contributed by atoms with E-state index in [0.717, 1.165) is 18.5 Å². The molecular formula is C16H25ClN2O2. The molecule has 0 saturated heterocycles. The molecule has 21 heavy (non-hydrogen) atoms. The fourth-order valence-corrected chi connectivity index (χ4v) is 2.23. The second kappa shape index (κ2) is 9.64. The summed E-state index contributed by atoms with van der Waals surface area (Å²) in [4.78, 5) is 13.7. The number of hydrogen-bond acceptors (Lipinski definition) is 3. The number of hydrogen-bond donors (Lipinski definition) is 1. The lowest BCUT2D eigenvalue weighted by molar-refractivity contribution is -0.132. The fraction of sp³-hybridized carbons (Fsp3) is 0.562. The van der Waals surface area contributed by atoms with E-state index < -0.39 is 0 Å². The van der Waals surface area contributed by atoms with Crippen LogP contribution < -0.4 is 10.1 Å². The first-order chi connectivity index (χ1) is 10.1. The van der Waals surface area contributed by atoms with E-state index in [0.29, 0.717) is 30.4 Å². The maximum Gasteiger partial charge on any atom is 0.260 e. The summed E-state index contributed by atoms with van der Waals surface area (Å²) >= 11 is 6.03. The van der Waals surface area contributed by atoms with Crippen LogP contribution >= 0.6 is 11.6 Å². The molecule has 0 spiro atoms. The van der Waals surface area contributed by atoms with Crippen LogP contribution in [0.2, 0.25) is 5.02 Å². The van der Waals surface area contributed by atoms with Crippen molar-refractivity contribution in [1.82, 2.24) is 10.2 Å². The highest BCUT2D eigenvalue weighted by Gasteiger charge is 2.12. The lowest BCUT2D eigenvalue weighted by atomic mass is 10.2. The van der Waals surface area contributed by atoms with E-state index in [-0.39, 0.29) is 12.5 Å². The first kappa shape index (κ1) is 17.8. The zero-order valence-electron chi connectivity index (χ0n) is 13.1. The molecule has 0 aliphatic carbocycles. The average Bonchev–Trinajstić information content (AvgIpc) is 2.48. The molecule has 0 aromatic heterocycles. The zero-order chi connectivity index (χ0) is 15.7. The number of benzene rings is 1. The van der Waals surface area contributed by atoms with Gasteiger partial charge >= 0.3 is 0 Å². The molecule has 0 bridgehead atoms. The maximum absolute atomic E-state index is 12.0. The summed E-state index contributed by atoms with van der Waals surface area (Å²) < 4.78 is 5.68. The van der Waals surface area contributed by atoms with Crippen LogP contribution in [-0.2, 0) is 11.3 Å². The summed E-state index contributed by atoms with van der Waals surface area (Å²) in [7, 11) is 0. The largest absolute Gasteiger partial charge is 0.483 e. The van der Waals surface area contributed by atoms with Crippen molar-refractivity contribution in [3.8, 4) is 5.75 Å². The van der Waals surface area contributed by atoms with E-state index in [4.69, 9.17) is 16.3 Å². The SMILES string of the molecule is CCCNCc1cc(Cl)ccc1OCC(=O)N(CC)CC. The van der Waals surface area contributed by atoms with Gasteiger partial charge in [-0.3, -0.25) is 4.79 Å². The number of nitrogens with one attached hydrogen (secondary N) is 1. The van der Waals surface area contributed by atoms with Gasteiger partial charge in [0.05, 0.1) is 0 Å². The summed E-state index contributed by atoms with van der Waals surface area (Å²) in [5.74, 6) is 0.714. The molecule has 1 amide bonds. The zero-order valence-corrected chi connectivity index (χ0v) is 13.9. The standard InChI is InChI=1S/C16H25ClN2O2/c1-4-9-18-11-13-10-14(17)7-8-15(13)21-12-16(20)19(5-2)6-3/h7-8,10,18H,4-6,9,11-12H2,1-3H3. The maximum atomic E-state index is 12.0. The number of ether oxygens (including phenoxy) is 1. The van der Waals surface area contributed by atoms with Crippen LogP contribution in [0.1, 0.15) is 32.8 Å². The van der Waals surface area contributed by atoms with Crippen LogP contribution in [0.3, 0.4) is 0 Å². The van der Waals surface area contributed by atoms with E-state index >= 15 is 0 Å². The Labute approximate surface area is 132 Å². The Morgan fingerprint density at radius 3 is 2.62 bits per heavy atom. The minimum atomic E-state index is 0.00224. The van der Waals surface area contributed by atoms with Crippen LogP contribution in [0, 0.1) is 0 Å². The first-order valence-corrected chi connectivity index (χ1v) is 7.89. The first-order valence-electron chi connectivity index (χ1n) is 7.52. The molecule has 5 heteroatoms. The van der Waals surface area contributed by atoms with Crippen molar-refractivity contribution in [3.05, 3.63) is 28.8 Å². The van der Waals surface area contributed by atoms with Crippen LogP contribution in [0.5, 0.6) is 5.75 Å². The molecule has 0 unspecified atom stereocenters.